The Labute approximate surface area is 713 Å². The number of anilines is 5. The molecule has 10 N–H and O–H groups in total. The molecule has 11 aliphatic rings. The zero-order valence-corrected chi connectivity index (χ0v) is 73.7. The summed E-state index contributed by atoms with van der Waals surface area (Å²) in [4.78, 5) is 65.3. The molecule has 0 saturated carbocycles. The number of hydrogen-bond donors (Lipinski definition) is 10. The van der Waals surface area contributed by atoms with E-state index in [0.717, 1.165) is 191 Å². The number of rotatable bonds is 5. The standard InChI is InChI=1S/C20H21N3O3.4C20H23N3O/c1-10-16-17(11-4-5-14-15(6-11)26-9-25-14)18-12(21-19(16)23-22-10)7-20(2,3)8-13(18)24;1-11-6-5-7-13(8-11)17-16-12(2)22-23-19(16)21-14-9-20(3,4)10-15(24)18(14)17;3*1-11-7-5-6-8-13(11)17-16-12(2)22-23-19(16)21-14-9-20(3,4)10-15(24)18(14)17/h4-6,17H,7-9H2,1-3H3,(H2,21,22,23);4*5-8,17H,9-10H2,1-4H3,(H2,21,22,23)/t;;2*17-;/m..10./s1. The quantitative estimate of drug-likeness (QED) is 0.0766. The van der Waals surface area contributed by atoms with Gasteiger partial charge in [-0.1, -0.05) is 178 Å². The molecular formula is C100H113N15O7. The fraction of sp³-hybridized carbons (Fsp3) is 0.400. The van der Waals surface area contributed by atoms with E-state index >= 15 is 0 Å². The fourth-order valence-electron chi connectivity index (χ4n) is 21.0. The second-order valence-electron chi connectivity index (χ2n) is 39.6. The SMILES string of the molecule is Cc1[nH]nc2c1C(c1ccc3c(c1)OCO3)C1=C(CC(C)(C)CC1=O)N2.Cc1cccc(C2C3=C(CC(C)(C)CC3=O)Nc3n[nH]c(C)c32)c1.Cc1ccccc1C1C2=C(CC(C)(C)CC2=O)Nc2n[nH]c(C)c21.Cc1ccccc1[C@@H]1C2=C(CC(C)(C)CC2=O)Nc2n[nH]c(C)c21.Cc1ccccc1[C@H]1C2=C(CC(C)(C)CC2=O)Nc2n[nH]c(C)c21. The molecule has 5 aromatic carbocycles. The Morgan fingerprint density at radius 2 is 0.549 bits per heavy atom. The van der Waals surface area contributed by atoms with Crippen molar-refractivity contribution in [3.63, 3.8) is 0 Å². The molecule has 0 bridgehead atoms. The van der Waals surface area contributed by atoms with Crippen molar-refractivity contribution in [2.45, 2.75) is 225 Å². The topological polar surface area (TPSA) is 307 Å². The number of hydrogen-bond acceptors (Lipinski definition) is 17. The van der Waals surface area contributed by atoms with E-state index < -0.39 is 0 Å². The van der Waals surface area contributed by atoms with E-state index in [2.05, 4.69) is 253 Å². The van der Waals surface area contributed by atoms with Gasteiger partial charge < -0.3 is 36.1 Å². The molecular weight excluding hydrogens is 1520 g/mol. The van der Waals surface area contributed by atoms with Crippen LogP contribution in [0.25, 0.3) is 0 Å². The highest BCUT2D eigenvalue weighted by Crippen LogP contribution is 2.57. The van der Waals surface area contributed by atoms with Crippen LogP contribution in [-0.4, -0.2) is 86.7 Å². The lowest BCUT2D eigenvalue weighted by Crippen LogP contribution is -2.34. The molecule has 21 rings (SSSR count). The van der Waals surface area contributed by atoms with E-state index in [1.165, 1.54) is 44.5 Å². The first-order valence-corrected chi connectivity index (χ1v) is 42.9. The fourth-order valence-corrected chi connectivity index (χ4v) is 21.0. The van der Waals surface area contributed by atoms with Gasteiger partial charge in [0.25, 0.3) is 0 Å². The van der Waals surface area contributed by atoms with Crippen LogP contribution >= 0.6 is 0 Å². The smallest absolute Gasteiger partial charge is 0.231 e. The number of aromatic amines is 5. The number of allylic oxidation sites excluding steroid dienone is 10. The number of nitrogens with zero attached hydrogens (tertiary/aromatic N) is 5. The predicted molar refractivity (Wildman–Crippen MR) is 476 cm³/mol. The zero-order chi connectivity index (χ0) is 86.3. The number of H-pyrrole nitrogens is 5. The highest BCUT2D eigenvalue weighted by molar-refractivity contribution is 6.05. The van der Waals surface area contributed by atoms with Crippen molar-refractivity contribution < 1.29 is 33.4 Å². The summed E-state index contributed by atoms with van der Waals surface area (Å²) >= 11 is 0. The summed E-state index contributed by atoms with van der Waals surface area (Å²) in [5, 5.41) is 54.8. The molecule has 0 spiro atoms. The highest BCUT2D eigenvalue weighted by atomic mass is 16.7. The third-order valence-corrected chi connectivity index (χ3v) is 26.4. The van der Waals surface area contributed by atoms with Gasteiger partial charge >= 0.3 is 0 Å². The number of carbonyl (C=O) groups excluding carboxylic acids is 5. The van der Waals surface area contributed by atoms with Crippen molar-refractivity contribution in [2.75, 3.05) is 33.4 Å². The molecule has 22 nitrogen and oxygen atoms in total. The Hall–Kier alpha value is -12.2. The first kappa shape index (κ1) is 82.1. The Bertz CT molecular complexity index is 5840. The molecule has 630 valence electrons. The number of benzene rings is 5. The van der Waals surface area contributed by atoms with Crippen LogP contribution in [0.3, 0.4) is 0 Å². The molecule has 3 unspecified atom stereocenters. The van der Waals surface area contributed by atoms with Crippen LogP contribution in [0.4, 0.5) is 29.1 Å². The van der Waals surface area contributed by atoms with Crippen molar-refractivity contribution in [3.05, 3.63) is 278 Å². The van der Waals surface area contributed by atoms with E-state index in [1.807, 2.05) is 71.0 Å². The van der Waals surface area contributed by atoms with Crippen LogP contribution < -0.4 is 36.1 Å². The molecule has 0 fully saturated rings. The minimum Gasteiger partial charge on any atom is -0.454 e. The maximum atomic E-state index is 13.1. The largest absolute Gasteiger partial charge is 0.454 e. The van der Waals surface area contributed by atoms with Gasteiger partial charge in [-0.2, -0.15) is 25.5 Å². The third-order valence-electron chi connectivity index (χ3n) is 26.4. The minimum atomic E-state index is -0.141. The predicted octanol–water partition coefficient (Wildman–Crippen LogP) is 20.6. The summed E-state index contributed by atoms with van der Waals surface area (Å²) < 4.78 is 11.0. The average molecular weight is 1640 g/mol. The third kappa shape index (κ3) is 15.2. The number of ether oxygens (including phenoxy) is 2. The molecule has 5 aromatic heterocycles. The average Bonchev–Trinajstić information content (AvgIpc) is 1.47. The number of aromatic nitrogens is 10. The van der Waals surface area contributed by atoms with Crippen LogP contribution in [0.2, 0.25) is 0 Å². The zero-order valence-electron chi connectivity index (χ0n) is 73.7. The lowest BCUT2D eigenvalue weighted by Gasteiger charge is -2.38. The van der Waals surface area contributed by atoms with Crippen molar-refractivity contribution in [2.24, 2.45) is 27.1 Å². The molecule has 22 heteroatoms. The number of aryl methyl sites for hydroxylation is 9. The second-order valence-corrected chi connectivity index (χ2v) is 39.6. The van der Waals surface area contributed by atoms with E-state index in [9.17, 15) is 24.0 Å². The molecule has 5 atom stereocenters. The molecule has 11 heterocycles. The van der Waals surface area contributed by atoms with Crippen LogP contribution in [0, 0.1) is 89.4 Å². The van der Waals surface area contributed by atoms with Gasteiger partial charge in [-0.15, -0.1) is 0 Å². The van der Waals surface area contributed by atoms with Gasteiger partial charge in [0.1, 0.15) is 0 Å². The van der Waals surface area contributed by atoms with Crippen LogP contribution in [-0.2, 0) is 24.0 Å². The van der Waals surface area contributed by atoms with Crippen molar-refractivity contribution in [1.29, 1.82) is 0 Å². The number of Topliss-reactive ketones (excluding diaryl/α,β-unsaturated/α-hetero) is 5. The van der Waals surface area contributed by atoms with Crippen LogP contribution in [0.5, 0.6) is 11.5 Å². The van der Waals surface area contributed by atoms with Crippen molar-refractivity contribution in [1.82, 2.24) is 51.0 Å². The lowest BCUT2D eigenvalue weighted by molar-refractivity contribution is -0.119. The van der Waals surface area contributed by atoms with Gasteiger partial charge in [0.2, 0.25) is 6.79 Å². The molecule has 0 radical (unpaired) electrons. The van der Waals surface area contributed by atoms with Crippen molar-refractivity contribution >= 4 is 58.0 Å². The number of nitrogens with one attached hydrogen (secondary N) is 10. The van der Waals surface area contributed by atoms with Gasteiger partial charge in [-0.3, -0.25) is 49.5 Å². The maximum absolute atomic E-state index is 13.1. The first-order chi connectivity index (χ1) is 57.9. The van der Waals surface area contributed by atoms with Crippen molar-refractivity contribution in [3.8, 4) is 11.5 Å². The number of carbonyl (C=O) groups is 5. The Morgan fingerprint density at radius 3 is 0.836 bits per heavy atom. The maximum Gasteiger partial charge on any atom is 0.231 e. The van der Waals surface area contributed by atoms with E-state index in [0.29, 0.717) is 32.1 Å². The van der Waals surface area contributed by atoms with Gasteiger partial charge in [-0.05, 0) is 178 Å². The molecule has 122 heavy (non-hydrogen) atoms. The van der Waals surface area contributed by atoms with Crippen LogP contribution in [0.15, 0.2) is 172 Å². The summed E-state index contributed by atoms with van der Waals surface area (Å²) in [5.74, 6) is 6.74. The van der Waals surface area contributed by atoms with Gasteiger partial charge in [0.05, 0.1) is 0 Å². The van der Waals surface area contributed by atoms with Crippen LogP contribution in [0.1, 0.15) is 269 Å². The van der Waals surface area contributed by atoms with Gasteiger partial charge in [-0.25, -0.2) is 0 Å². The molecule has 0 amide bonds. The summed E-state index contributed by atoms with van der Waals surface area (Å²) in [5.41, 5.74) is 30.8. The molecule has 0 saturated heterocycles. The molecule has 6 aliphatic heterocycles. The Balaban J connectivity index is 0.000000108. The number of ketones is 5. The summed E-state index contributed by atoms with van der Waals surface area (Å²) in [6, 6.07) is 39.5. The summed E-state index contributed by atoms with van der Waals surface area (Å²) in [7, 11) is 0. The summed E-state index contributed by atoms with van der Waals surface area (Å²) in [6.45, 7) is 40.3. The molecule has 10 aromatic rings. The highest BCUT2D eigenvalue weighted by Gasteiger charge is 2.49. The second kappa shape index (κ2) is 30.7. The normalized spacial score (nSPS) is 22.2. The van der Waals surface area contributed by atoms with E-state index in [1.54, 1.807) is 0 Å². The Morgan fingerprint density at radius 1 is 0.287 bits per heavy atom. The Kier molecular flexibility index (Phi) is 20.7. The van der Waals surface area contributed by atoms with E-state index in [4.69, 9.17) is 9.47 Å². The van der Waals surface area contributed by atoms with Gasteiger partial charge in [0, 0.05) is 174 Å². The molecule has 5 aliphatic carbocycles. The van der Waals surface area contributed by atoms with Gasteiger partial charge in [0.15, 0.2) is 69.5 Å². The number of fused-ring (bicyclic) bond motifs is 6. The lowest BCUT2D eigenvalue weighted by atomic mass is 9.68. The first-order valence-electron chi connectivity index (χ1n) is 42.9. The van der Waals surface area contributed by atoms with E-state index in [-0.39, 0.29) is 92.4 Å². The minimum absolute atomic E-state index is 0.0110. The summed E-state index contributed by atoms with van der Waals surface area (Å²) in [6.07, 6.45) is 7.29. The monoisotopic (exact) mass is 1640 g/mol.